The maximum atomic E-state index is 13.2. The minimum Gasteiger partial charge on any atom is -0.439 e. The van der Waals surface area contributed by atoms with Crippen molar-refractivity contribution in [3.8, 4) is 11.6 Å². The molecule has 2 amide bonds. The first-order valence-electron chi connectivity index (χ1n) is 8.49. The standard InChI is InChI=1S/C20H18FN3O3S/c1-13(25)23-17(18-6-3-9-28-18)11-19(26)24-15-7-8-20(22-12-15)27-16-5-2-4-14(21)10-16/h2-10,12,17H,11H2,1H3,(H,23,25)(H,24,26)/t17-/m0/s1. The van der Waals surface area contributed by atoms with Crippen molar-refractivity contribution in [2.75, 3.05) is 5.32 Å². The summed E-state index contributed by atoms with van der Waals surface area (Å²) < 4.78 is 18.7. The lowest BCUT2D eigenvalue weighted by molar-refractivity contribution is -0.120. The summed E-state index contributed by atoms with van der Waals surface area (Å²) in [6.45, 7) is 1.42. The Morgan fingerprint density at radius 1 is 1.21 bits per heavy atom. The molecule has 2 aromatic heterocycles. The molecule has 2 heterocycles. The number of anilines is 1. The molecule has 6 nitrogen and oxygen atoms in total. The molecule has 0 spiro atoms. The van der Waals surface area contributed by atoms with Crippen LogP contribution in [0.5, 0.6) is 11.6 Å². The van der Waals surface area contributed by atoms with E-state index < -0.39 is 5.82 Å². The number of nitrogens with zero attached hydrogens (tertiary/aromatic N) is 1. The Balaban J connectivity index is 1.59. The van der Waals surface area contributed by atoms with E-state index in [0.29, 0.717) is 11.4 Å². The maximum Gasteiger partial charge on any atom is 0.226 e. The molecule has 1 aromatic carbocycles. The van der Waals surface area contributed by atoms with Crippen LogP contribution in [0.25, 0.3) is 0 Å². The van der Waals surface area contributed by atoms with Gasteiger partial charge >= 0.3 is 0 Å². The average molecular weight is 399 g/mol. The number of nitrogens with one attached hydrogen (secondary N) is 2. The molecule has 144 valence electrons. The van der Waals surface area contributed by atoms with Gasteiger partial charge in [0.25, 0.3) is 0 Å². The van der Waals surface area contributed by atoms with Gasteiger partial charge in [-0.2, -0.15) is 0 Å². The van der Waals surface area contributed by atoms with Gasteiger partial charge in [-0.25, -0.2) is 9.37 Å². The Kier molecular flexibility index (Phi) is 6.33. The Morgan fingerprint density at radius 3 is 2.71 bits per heavy atom. The van der Waals surface area contributed by atoms with Gasteiger partial charge < -0.3 is 15.4 Å². The molecule has 28 heavy (non-hydrogen) atoms. The fourth-order valence-electron chi connectivity index (χ4n) is 2.52. The molecule has 3 aromatic rings. The number of hydrogen-bond acceptors (Lipinski definition) is 5. The maximum absolute atomic E-state index is 13.2. The van der Waals surface area contributed by atoms with Crippen LogP contribution in [0, 0.1) is 5.82 Å². The number of halogens is 1. The first kappa shape index (κ1) is 19.5. The van der Waals surface area contributed by atoms with Crippen LogP contribution < -0.4 is 15.4 Å². The van der Waals surface area contributed by atoms with E-state index in [2.05, 4.69) is 15.6 Å². The molecule has 0 fully saturated rings. The molecule has 0 aliphatic heterocycles. The second kappa shape index (κ2) is 9.09. The summed E-state index contributed by atoms with van der Waals surface area (Å²) in [5.41, 5.74) is 0.490. The van der Waals surface area contributed by atoms with Gasteiger partial charge in [-0.15, -0.1) is 11.3 Å². The molecule has 0 bridgehead atoms. The van der Waals surface area contributed by atoms with Crippen LogP contribution in [-0.4, -0.2) is 16.8 Å². The number of rotatable bonds is 7. The summed E-state index contributed by atoms with van der Waals surface area (Å²) in [4.78, 5) is 28.8. The Morgan fingerprint density at radius 2 is 2.07 bits per heavy atom. The average Bonchev–Trinajstić information content (AvgIpc) is 3.17. The smallest absolute Gasteiger partial charge is 0.226 e. The van der Waals surface area contributed by atoms with Crippen molar-refractivity contribution >= 4 is 28.8 Å². The lowest BCUT2D eigenvalue weighted by Gasteiger charge is -2.16. The van der Waals surface area contributed by atoms with E-state index in [1.54, 1.807) is 24.3 Å². The van der Waals surface area contributed by atoms with E-state index in [4.69, 9.17) is 4.74 Å². The van der Waals surface area contributed by atoms with E-state index in [0.717, 1.165) is 4.88 Å². The minimum absolute atomic E-state index is 0.0988. The lowest BCUT2D eigenvalue weighted by Crippen LogP contribution is -2.29. The molecule has 8 heteroatoms. The van der Waals surface area contributed by atoms with Gasteiger partial charge in [-0.05, 0) is 29.6 Å². The van der Waals surface area contributed by atoms with Gasteiger partial charge in [0.2, 0.25) is 17.7 Å². The van der Waals surface area contributed by atoms with Crippen LogP contribution in [0.1, 0.15) is 24.3 Å². The zero-order valence-corrected chi connectivity index (χ0v) is 15.8. The molecule has 3 rings (SSSR count). The Bertz CT molecular complexity index is 946. The molecule has 2 N–H and O–H groups in total. The highest BCUT2D eigenvalue weighted by atomic mass is 32.1. The quantitative estimate of drug-likeness (QED) is 0.621. The normalized spacial score (nSPS) is 11.5. The fourth-order valence-corrected chi connectivity index (χ4v) is 3.30. The van der Waals surface area contributed by atoms with E-state index >= 15 is 0 Å². The lowest BCUT2D eigenvalue weighted by atomic mass is 10.1. The van der Waals surface area contributed by atoms with Crippen LogP contribution in [0.4, 0.5) is 10.1 Å². The zero-order chi connectivity index (χ0) is 19.9. The van der Waals surface area contributed by atoms with E-state index in [-0.39, 0.29) is 30.2 Å². The molecular weight excluding hydrogens is 381 g/mol. The van der Waals surface area contributed by atoms with Crippen LogP contribution in [0.3, 0.4) is 0 Å². The molecule has 0 aliphatic rings. The third-order valence-corrected chi connectivity index (χ3v) is 4.68. The second-order valence-electron chi connectivity index (χ2n) is 5.97. The SMILES string of the molecule is CC(=O)N[C@@H](CC(=O)Nc1ccc(Oc2cccc(F)c2)nc1)c1cccs1. The molecule has 0 radical (unpaired) electrons. The first-order valence-corrected chi connectivity index (χ1v) is 9.37. The number of carbonyl (C=O) groups excluding carboxylic acids is 2. The summed E-state index contributed by atoms with van der Waals surface area (Å²) in [5, 5.41) is 7.42. The summed E-state index contributed by atoms with van der Waals surface area (Å²) in [6, 6.07) is 12.3. The molecule has 0 unspecified atom stereocenters. The van der Waals surface area contributed by atoms with Gasteiger partial charge in [0, 0.05) is 23.9 Å². The van der Waals surface area contributed by atoms with Crippen molar-refractivity contribution in [2.45, 2.75) is 19.4 Å². The van der Waals surface area contributed by atoms with Crippen molar-refractivity contribution in [3.05, 3.63) is 70.8 Å². The highest BCUT2D eigenvalue weighted by Gasteiger charge is 2.18. The van der Waals surface area contributed by atoms with Crippen LogP contribution in [0.15, 0.2) is 60.1 Å². The molecule has 0 aliphatic carbocycles. The molecule has 0 saturated heterocycles. The summed E-state index contributed by atoms with van der Waals surface area (Å²) in [6.07, 6.45) is 1.55. The second-order valence-corrected chi connectivity index (χ2v) is 6.94. The van der Waals surface area contributed by atoms with Crippen molar-refractivity contribution in [1.82, 2.24) is 10.3 Å². The predicted molar refractivity (Wildman–Crippen MR) is 105 cm³/mol. The van der Waals surface area contributed by atoms with Crippen molar-refractivity contribution in [2.24, 2.45) is 0 Å². The highest BCUT2D eigenvalue weighted by Crippen LogP contribution is 2.24. The molecular formula is C20H18FN3O3S. The van der Waals surface area contributed by atoms with Crippen LogP contribution >= 0.6 is 11.3 Å². The number of pyridine rings is 1. The largest absolute Gasteiger partial charge is 0.439 e. The summed E-state index contributed by atoms with van der Waals surface area (Å²) in [7, 11) is 0. The topological polar surface area (TPSA) is 80.3 Å². The van der Waals surface area contributed by atoms with Crippen LogP contribution in [0.2, 0.25) is 0 Å². The molecule has 1 atom stereocenters. The van der Waals surface area contributed by atoms with E-state index in [1.165, 1.54) is 36.6 Å². The monoisotopic (exact) mass is 399 g/mol. The summed E-state index contributed by atoms with van der Waals surface area (Å²) in [5.74, 6) is -0.253. The van der Waals surface area contributed by atoms with Crippen LogP contribution in [-0.2, 0) is 9.59 Å². The zero-order valence-electron chi connectivity index (χ0n) is 15.0. The highest BCUT2D eigenvalue weighted by molar-refractivity contribution is 7.10. The number of carbonyl (C=O) groups is 2. The molecule has 0 saturated carbocycles. The van der Waals surface area contributed by atoms with Crippen molar-refractivity contribution in [1.29, 1.82) is 0 Å². The number of hydrogen-bond donors (Lipinski definition) is 2. The number of benzene rings is 1. The van der Waals surface area contributed by atoms with Gasteiger partial charge in [-0.3, -0.25) is 9.59 Å². The fraction of sp³-hybridized carbons (Fsp3) is 0.150. The number of thiophene rings is 1. The summed E-state index contributed by atoms with van der Waals surface area (Å²) >= 11 is 1.47. The van der Waals surface area contributed by atoms with E-state index in [9.17, 15) is 14.0 Å². The Labute approximate surface area is 165 Å². The minimum atomic E-state index is -0.402. The van der Waals surface area contributed by atoms with E-state index in [1.807, 2.05) is 17.5 Å². The van der Waals surface area contributed by atoms with Gasteiger partial charge in [0.05, 0.1) is 24.3 Å². The first-order chi connectivity index (χ1) is 13.5. The third kappa shape index (κ3) is 5.62. The van der Waals surface area contributed by atoms with Gasteiger partial charge in [0.15, 0.2) is 0 Å². The Hall–Kier alpha value is -3.26. The predicted octanol–water partition coefficient (Wildman–Crippen LogP) is 4.28. The van der Waals surface area contributed by atoms with Gasteiger partial charge in [-0.1, -0.05) is 12.1 Å². The third-order valence-electron chi connectivity index (χ3n) is 3.69. The van der Waals surface area contributed by atoms with Gasteiger partial charge in [0.1, 0.15) is 11.6 Å². The van der Waals surface area contributed by atoms with Crippen molar-refractivity contribution < 1.29 is 18.7 Å². The number of amides is 2. The van der Waals surface area contributed by atoms with Crippen molar-refractivity contribution in [3.63, 3.8) is 0 Å². The number of aromatic nitrogens is 1. The number of ether oxygens (including phenoxy) is 1.